The lowest BCUT2D eigenvalue weighted by Gasteiger charge is -2.62. The first-order chi connectivity index (χ1) is 41.5. The van der Waals surface area contributed by atoms with E-state index in [0.29, 0.717) is 41.4 Å². The third kappa shape index (κ3) is 25.0. The van der Waals surface area contributed by atoms with Gasteiger partial charge in [-0.15, -0.1) is 0 Å². The third-order valence-corrected chi connectivity index (χ3v) is 26.1. The molecule has 6 atom stereocenters. The molecule has 9 saturated carbocycles. The van der Waals surface area contributed by atoms with Crippen molar-refractivity contribution in [1.82, 2.24) is 0 Å². The van der Waals surface area contributed by atoms with Crippen LogP contribution in [0.5, 0.6) is 0 Å². The molecule has 9 aliphatic carbocycles. The molecule has 0 spiro atoms. The van der Waals surface area contributed by atoms with Crippen LogP contribution >= 0.6 is 0 Å². The molecule has 0 aromatic rings. The lowest BCUT2D eigenvalue weighted by atomic mass is 9.47. The summed E-state index contributed by atoms with van der Waals surface area (Å²) < 4.78 is 30.1. The van der Waals surface area contributed by atoms with E-state index in [2.05, 4.69) is 76.2 Å². The Morgan fingerprint density at radius 3 is 1.05 bits per heavy atom. The van der Waals surface area contributed by atoms with Gasteiger partial charge in [0.25, 0.3) is 0 Å². The van der Waals surface area contributed by atoms with Crippen LogP contribution in [0, 0.1) is 98.1 Å². The molecule has 0 N–H and O–H groups in total. The summed E-state index contributed by atoms with van der Waals surface area (Å²) in [4.78, 5) is 61.7. The van der Waals surface area contributed by atoms with Crippen LogP contribution in [0.15, 0.2) is 0 Å². The fraction of sp³-hybridized carbons (Fsp3) is 0.943. The Bertz CT molecular complexity index is 2260. The van der Waals surface area contributed by atoms with E-state index in [-0.39, 0.29) is 144 Å². The average molecular weight is 1390 g/mol. The van der Waals surface area contributed by atoms with Gasteiger partial charge in [-0.3, -0.25) is 24.0 Å². The summed E-state index contributed by atoms with van der Waals surface area (Å²) in [6.07, 6.45) is 31.3. The van der Waals surface area contributed by atoms with Crippen molar-refractivity contribution in [2.45, 2.75) is 441 Å². The van der Waals surface area contributed by atoms with Crippen LogP contribution in [0.2, 0.25) is 0 Å². The second-order valence-corrected chi connectivity index (χ2v) is 35.8. The van der Waals surface area contributed by atoms with Crippen LogP contribution in [-0.2, 0) is 47.7 Å². The van der Waals surface area contributed by atoms with Gasteiger partial charge in [-0.1, -0.05) is 188 Å². The number of carbonyl (C=O) groups is 5. The minimum absolute atomic E-state index is 0. The maximum atomic E-state index is 12.8. The van der Waals surface area contributed by atoms with Crippen LogP contribution in [0.3, 0.4) is 0 Å². The number of hydrogen-bond donors (Lipinski definition) is 0. The molecule has 0 aromatic carbocycles. The lowest BCUT2D eigenvalue weighted by Crippen LogP contribution is -2.63. The maximum Gasteiger partial charge on any atom is 0.312 e. The predicted molar refractivity (Wildman–Crippen MR) is 424 cm³/mol. The fourth-order valence-corrected chi connectivity index (χ4v) is 16.4. The summed E-state index contributed by atoms with van der Waals surface area (Å²) >= 11 is 0. The van der Waals surface area contributed by atoms with Crippen molar-refractivity contribution >= 4 is 29.8 Å². The molecule has 10 heteroatoms. The van der Waals surface area contributed by atoms with Crippen molar-refractivity contribution in [2.75, 3.05) is 0 Å². The molecule has 6 bridgehead atoms. The maximum absolute atomic E-state index is 12.8. The number of rotatable bonds is 20. The number of esters is 5. The first-order valence-corrected chi connectivity index (χ1v) is 37.7. The van der Waals surface area contributed by atoms with Crippen LogP contribution in [0.1, 0.15) is 413 Å². The Balaban J connectivity index is -0.000000364. The molecule has 6 unspecified atom stereocenters. The third-order valence-electron chi connectivity index (χ3n) is 26.1. The molecule has 0 radical (unpaired) electrons. The normalized spacial score (nSPS) is 27.8. The Morgan fingerprint density at radius 2 is 0.704 bits per heavy atom. The molecule has 0 aliphatic heterocycles. The molecule has 98 heavy (non-hydrogen) atoms. The highest BCUT2D eigenvalue weighted by molar-refractivity contribution is 5.78. The Labute approximate surface area is 613 Å². The smallest absolute Gasteiger partial charge is 0.312 e. The van der Waals surface area contributed by atoms with Gasteiger partial charge >= 0.3 is 29.8 Å². The predicted octanol–water partition coefficient (Wildman–Crippen LogP) is 26.9. The van der Waals surface area contributed by atoms with Gasteiger partial charge in [0, 0.05) is 0 Å². The van der Waals surface area contributed by atoms with Crippen molar-refractivity contribution < 1.29 is 47.7 Å². The van der Waals surface area contributed by atoms with Crippen LogP contribution in [-0.4, -0.2) is 57.9 Å². The highest BCUT2D eigenvalue weighted by Gasteiger charge is 2.62. The lowest BCUT2D eigenvalue weighted by molar-refractivity contribution is -0.231. The van der Waals surface area contributed by atoms with E-state index in [4.69, 9.17) is 23.7 Å². The molecule has 0 saturated heterocycles. The summed E-state index contributed by atoms with van der Waals surface area (Å²) in [5, 5.41) is 0. The number of fused-ring (bicyclic) bond motifs is 3. The first-order valence-electron chi connectivity index (χ1n) is 37.7. The van der Waals surface area contributed by atoms with Crippen molar-refractivity contribution in [1.29, 1.82) is 0 Å². The molecule has 10 nitrogen and oxygen atoms in total. The second kappa shape index (κ2) is 41.7. The van der Waals surface area contributed by atoms with E-state index >= 15 is 0 Å². The quantitative estimate of drug-likeness (QED) is 0.0857. The molecular formula is C88H176O10. The molecule has 0 amide bonds. The van der Waals surface area contributed by atoms with Crippen LogP contribution < -0.4 is 0 Å². The van der Waals surface area contributed by atoms with E-state index in [1.807, 2.05) is 104 Å². The second-order valence-electron chi connectivity index (χ2n) is 35.8. The largest absolute Gasteiger partial charge is 0.459 e. The van der Waals surface area contributed by atoms with Crippen LogP contribution in [0.4, 0.5) is 0 Å². The SMILES string of the molecule is C.C.C.C.C.C.C.C.CCC(C)(C)C(=O)OC1(C(C)C)C2CC3CC(C2)CC1C3.CCC(C)(C)C(=O)OC1(C(C)C)CC2CCC1C2.CCC(C)(C)C(=O)OC1(C(C)C)CCC2CCCCC2C1.CCC(C)(C)C(=O)OC1(C(C)C)CCCCC1.CCC(C)(C)OC(=O)C(C)(C)CC. The minimum Gasteiger partial charge on any atom is -0.459 e. The van der Waals surface area contributed by atoms with Gasteiger partial charge in [0.2, 0.25) is 0 Å². The monoisotopic (exact) mass is 1390 g/mol. The summed E-state index contributed by atoms with van der Waals surface area (Å²) in [7, 11) is 0. The van der Waals surface area contributed by atoms with E-state index in [1.54, 1.807) is 0 Å². The van der Waals surface area contributed by atoms with Gasteiger partial charge in [-0.05, 0) is 295 Å². The molecule has 588 valence electrons. The van der Waals surface area contributed by atoms with Gasteiger partial charge in [0.05, 0.1) is 27.1 Å². The standard InChI is InChI=1S/C19H32O2.C19H34O2.C16H28O2.C15H28O2.C11H22O2.8CH4/c1-6-18(4,5)17(20)21-19(12(2)3)15-8-13-7-14(10-15)11-16(19)9-13;1-6-18(4,5)17(20)21-19(14(2)3)12-11-15-9-7-8-10-16(15)13-19;1-6-15(4,5)14(17)18-16(11(2)3)10-12-7-8-13(16)9-12;1-6-14(4,5)13(16)17-15(12(2)3)10-8-7-9-11-15;1-7-10(3,4)9(12)13-11(5,6)8-2;;;;;;;;/h12-16H,6-11H2,1-5H3;14-16H,6-13H2,1-5H3;11-13H,6-10H2,1-5H3;12H,6-11H2,1-5H3;7-8H2,1-6H3;8*1H4. The minimum atomic E-state index is -0.356. The molecule has 9 rings (SSSR count). The number of hydrogen-bond acceptors (Lipinski definition) is 10. The Hall–Kier alpha value is -2.65. The number of ether oxygens (including phenoxy) is 5. The van der Waals surface area contributed by atoms with Gasteiger partial charge in [-0.2, -0.15) is 0 Å². The van der Waals surface area contributed by atoms with E-state index in [1.165, 1.54) is 103 Å². The molecule has 9 aliphatic rings. The summed E-state index contributed by atoms with van der Waals surface area (Å²) in [6, 6.07) is 0. The molecule has 9 fully saturated rings. The van der Waals surface area contributed by atoms with Gasteiger partial charge in [0.15, 0.2) is 0 Å². The number of carbonyl (C=O) groups excluding carboxylic acids is 5. The topological polar surface area (TPSA) is 132 Å². The molecular weight excluding hydrogens is 1220 g/mol. The first kappa shape index (κ1) is 104. The van der Waals surface area contributed by atoms with E-state index in [9.17, 15) is 24.0 Å². The van der Waals surface area contributed by atoms with Gasteiger partial charge < -0.3 is 23.7 Å². The van der Waals surface area contributed by atoms with Gasteiger partial charge in [0.1, 0.15) is 28.0 Å². The Kier molecular flexibility index (Phi) is 44.3. The van der Waals surface area contributed by atoms with Crippen molar-refractivity contribution in [2.24, 2.45) is 98.1 Å². The van der Waals surface area contributed by atoms with Crippen molar-refractivity contribution in [3.8, 4) is 0 Å². The summed E-state index contributed by atoms with van der Waals surface area (Å²) in [6.45, 7) is 53.8. The zero-order chi connectivity index (χ0) is 68.4. The molecule has 0 aromatic heterocycles. The summed E-state index contributed by atoms with van der Waals surface area (Å²) in [5.41, 5.74) is -2.81. The zero-order valence-corrected chi connectivity index (χ0v) is 63.6. The van der Waals surface area contributed by atoms with E-state index < -0.39 is 0 Å². The summed E-state index contributed by atoms with van der Waals surface area (Å²) in [5.74, 6) is 7.78. The average Bonchev–Trinajstić information content (AvgIpc) is 0.869. The van der Waals surface area contributed by atoms with Crippen molar-refractivity contribution in [3.05, 3.63) is 0 Å². The van der Waals surface area contributed by atoms with Crippen molar-refractivity contribution in [3.63, 3.8) is 0 Å². The van der Waals surface area contributed by atoms with Gasteiger partial charge in [-0.25, -0.2) is 0 Å². The van der Waals surface area contributed by atoms with E-state index in [0.717, 1.165) is 100 Å². The highest BCUT2D eigenvalue weighted by atomic mass is 16.6. The zero-order valence-electron chi connectivity index (χ0n) is 63.6. The fourth-order valence-electron chi connectivity index (χ4n) is 16.4. The highest BCUT2D eigenvalue weighted by Crippen LogP contribution is 2.62. The molecule has 0 heterocycles. The Morgan fingerprint density at radius 1 is 0.337 bits per heavy atom. The van der Waals surface area contributed by atoms with Crippen LogP contribution in [0.25, 0.3) is 0 Å².